The first-order valence-corrected chi connectivity index (χ1v) is 6.98. The number of rotatable bonds is 5. The van der Waals surface area contributed by atoms with E-state index >= 15 is 0 Å². The third kappa shape index (κ3) is 3.13. The summed E-state index contributed by atoms with van der Waals surface area (Å²) < 4.78 is 7.74. The number of fused-ring (bicyclic) bond motifs is 1. The number of hydrogen-bond donors (Lipinski definition) is 1. The van der Waals surface area contributed by atoms with Gasteiger partial charge in [0.05, 0.1) is 12.9 Å². The highest BCUT2D eigenvalue weighted by molar-refractivity contribution is 5.71. The normalized spacial score (nSPS) is 10.9. The van der Waals surface area contributed by atoms with Crippen LogP contribution in [-0.2, 0) is 6.54 Å². The lowest BCUT2D eigenvalue weighted by atomic mass is 10.3. The van der Waals surface area contributed by atoms with Crippen molar-refractivity contribution >= 4 is 16.9 Å². The van der Waals surface area contributed by atoms with Crippen molar-refractivity contribution < 1.29 is 4.74 Å². The summed E-state index contributed by atoms with van der Waals surface area (Å²) in [5.41, 5.74) is 9.37. The first kappa shape index (κ1) is 13.4. The molecule has 2 N–H and O–H groups in total. The Morgan fingerprint density at radius 1 is 1.19 bits per heavy atom. The molecule has 0 amide bonds. The molecule has 1 aromatic carbocycles. The Bertz CT molecular complexity index is 734. The molecule has 0 atom stereocenters. The van der Waals surface area contributed by atoms with Crippen LogP contribution in [0.3, 0.4) is 0 Å². The Morgan fingerprint density at radius 3 is 2.81 bits per heavy atom. The van der Waals surface area contributed by atoms with Crippen molar-refractivity contribution in [2.75, 3.05) is 12.3 Å². The van der Waals surface area contributed by atoms with Crippen molar-refractivity contribution in [2.45, 2.75) is 19.9 Å². The van der Waals surface area contributed by atoms with E-state index in [0.29, 0.717) is 6.61 Å². The number of aryl methyl sites for hydroxylation is 2. The van der Waals surface area contributed by atoms with E-state index in [1.165, 1.54) is 0 Å². The van der Waals surface area contributed by atoms with Gasteiger partial charge in [-0.3, -0.25) is 0 Å². The smallest absolute Gasteiger partial charge is 0.159 e. The van der Waals surface area contributed by atoms with Crippen LogP contribution < -0.4 is 10.5 Å². The van der Waals surface area contributed by atoms with Crippen LogP contribution in [0.5, 0.6) is 5.75 Å². The number of anilines is 1. The fraction of sp³-hybridized carbons (Fsp3) is 0.250. The second-order valence-electron chi connectivity index (χ2n) is 5.06. The molecular formula is C16H18N4O. The van der Waals surface area contributed by atoms with Gasteiger partial charge in [0.15, 0.2) is 5.65 Å². The third-order valence-corrected chi connectivity index (χ3v) is 3.28. The van der Waals surface area contributed by atoms with Crippen LogP contribution in [0.15, 0.2) is 42.9 Å². The monoisotopic (exact) mass is 282 g/mol. The Balaban J connectivity index is 1.56. The summed E-state index contributed by atoms with van der Waals surface area (Å²) in [7, 11) is 0. The van der Waals surface area contributed by atoms with Crippen LogP contribution in [0.25, 0.3) is 11.2 Å². The quantitative estimate of drug-likeness (QED) is 0.577. The summed E-state index contributed by atoms with van der Waals surface area (Å²) in [5, 5.41) is 0. The van der Waals surface area contributed by atoms with Crippen molar-refractivity contribution in [1.29, 1.82) is 0 Å². The topological polar surface area (TPSA) is 66.0 Å². The van der Waals surface area contributed by atoms with Gasteiger partial charge in [-0.2, -0.15) is 0 Å². The van der Waals surface area contributed by atoms with E-state index in [0.717, 1.165) is 41.1 Å². The number of nitrogen functional groups attached to an aromatic ring is 1. The van der Waals surface area contributed by atoms with Crippen LogP contribution in [0.2, 0.25) is 0 Å². The molecular weight excluding hydrogens is 264 g/mol. The minimum absolute atomic E-state index is 0.648. The summed E-state index contributed by atoms with van der Waals surface area (Å²) in [6, 6.07) is 9.48. The lowest BCUT2D eigenvalue weighted by molar-refractivity contribution is 0.302. The first-order valence-electron chi connectivity index (χ1n) is 6.98. The SMILES string of the molecule is Cc1cnc2c(c1)ncn2CCCOc1ccc(N)cc1. The number of imidazole rings is 1. The zero-order valence-electron chi connectivity index (χ0n) is 12.0. The second kappa shape index (κ2) is 5.83. The number of hydrogen-bond acceptors (Lipinski definition) is 4. The molecule has 0 fully saturated rings. The van der Waals surface area contributed by atoms with Crippen molar-refractivity contribution in [2.24, 2.45) is 0 Å². The molecule has 0 unspecified atom stereocenters. The highest BCUT2D eigenvalue weighted by Crippen LogP contribution is 2.14. The van der Waals surface area contributed by atoms with Crippen molar-refractivity contribution in [3.8, 4) is 5.75 Å². The van der Waals surface area contributed by atoms with Gasteiger partial charge in [0.2, 0.25) is 0 Å². The van der Waals surface area contributed by atoms with Gasteiger partial charge < -0.3 is 15.0 Å². The van der Waals surface area contributed by atoms with Crippen LogP contribution in [0.4, 0.5) is 5.69 Å². The largest absolute Gasteiger partial charge is 0.494 e. The third-order valence-electron chi connectivity index (χ3n) is 3.28. The maximum absolute atomic E-state index is 5.68. The maximum atomic E-state index is 5.68. The van der Waals surface area contributed by atoms with E-state index in [9.17, 15) is 0 Å². The second-order valence-corrected chi connectivity index (χ2v) is 5.06. The molecule has 108 valence electrons. The van der Waals surface area contributed by atoms with Crippen LogP contribution in [0.1, 0.15) is 12.0 Å². The molecule has 0 radical (unpaired) electrons. The van der Waals surface area contributed by atoms with Crippen molar-refractivity contribution in [3.63, 3.8) is 0 Å². The van der Waals surface area contributed by atoms with E-state index in [1.54, 1.807) is 0 Å². The van der Waals surface area contributed by atoms with Crippen molar-refractivity contribution in [1.82, 2.24) is 14.5 Å². The standard InChI is InChI=1S/C16H18N4O/c1-12-9-15-16(18-10-12)20(11-19-15)7-2-8-21-14-5-3-13(17)4-6-14/h3-6,9-11H,2,7-8,17H2,1H3. The van der Waals surface area contributed by atoms with Gasteiger partial charge in [-0.25, -0.2) is 9.97 Å². The zero-order chi connectivity index (χ0) is 14.7. The summed E-state index contributed by atoms with van der Waals surface area (Å²) in [5.74, 6) is 0.841. The van der Waals surface area contributed by atoms with E-state index < -0.39 is 0 Å². The van der Waals surface area contributed by atoms with E-state index in [1.807, 2.05) is 49.8 Å². The molecule has 0 aliphatic rings. The summed E-state index contributed by atoms with van der Waals surface area (Å²) in [4.78, 5) is 8.80. The van der Waals surface area contributed by atoms with Crippen LogP contribution >= 0.6 is 0 Å². The maximum Gasteiger partial charge on any atom is 0.159 e. The van der Waals surface area contributed by atoms with Gasteiger partial charge in [-0.15, -0.1) is 0 Å². The molecule has 0 aliphatic heterocycles. The molecule has 5 nitrogen and oxygen atoms in total. The van der Waals surface area contributed by atoms with Gasteiger partial charge in [-0.05, 0) is 49.2 Å². The van der Waals surface area contributed by atoms with Gasteiger partial charge in [0, 0.05) is 18.4 Å². The molecule has 0 bridgehead atoms. The summed E-state index contributed by atoms with van der Waals surface area (Å²) in [6.07, 6.45) is 4.59. The Labute approximate surface area is 123 Å². The van der Waals surface area contributed by atoms with Gasteiger partial charge in [0.25, 0.3) is 0 Å². The predicted molar refractivity (Wildman–Crippen MR) is 83.2 cm³/mol. The lowest BCUT2D eigenvalue weighted by Gasteiger charge is -2.07. The minimum Gasteiger partial charge on any atom is -0.494 e. The van der Waals surface area contributed by atoms with Crippen LogP contribution in [0, 0.1) is 6.92 Å². The van der Waals surface area contributed by atoms with E-state index in [-0.39, 0.29) is 0 Å². The minimum atomic E-state index is 0.648. The zero-order valence-corrected chi connectivity index (χ0v) is 12.0. The van der Waals surface area contributed by atoms with Gasteiger partial charge in [0.1, 0.15) is 11.3 Å². The molecule has 0 saturated heterocycles. The fourth-order valence-electron chi connectivity index (χ4n) is 2.20. The number of ether oxygens (including phenoxy) is 1. The molecule has 2 heterocycles. The molecule has 21 heavy (non-hydrogen) atoms. The highest BCUT2D eigenvalue weighted by atomic mass is 16.5. The average Bonchev–Trinajstić information content (AvgIpc) is 2.87. The molecule has 3 rings (SSSR count). The molecule has 2 aromatic heterocycles. The molecule has 0 aliphatic carbocycles. The highest BCUT2D eigenvalue weighted by Gasteiger charge is 2.03. The summed E-state index contributed by atoms with van der Waals surface area (Å²) >= 11 is 0. The Hall–Kier alpha value is -2.56. The van der Waals surface area contributed by atoms with E-state index in [4.69, 9.17) is 10.5 Å². The average molecular weight is 282 g/mol. The molecule has 0 spiro atoms. The number of nitrogens with zero attached hydrogens (tertiary/aromatic N) is 3. The fourth-order valence-corrected chi connectivity index (χ4v) is 2.20. The predicted octanol–water partition coefficient (Wildman–Crippen LogP) is 2.79. The molecule has 3 aromatic rings. The number of nitrogens with two attached hydrogens (primary N) is 1. The Morgan fingerprint density at radius 2 is 2.00 bits per heavy atom. The first-order chi connectivity index (χ1) is 10.2. The number of pyridine rings is 1. The number of aromatic nitrogens is 3. The van der Waals surface area contributed by atoms with Crippen LogP contribution in [-0.4, -0.2) is 21.1 Å². The molecule has 5 heteroatoms. The molecule has 0 saturated carbocycles. The Kier molecular flexibility index (Phi) is 3.73. The summed E-state index contributed by atoms with van der Waals surface area (Å²) in [6.45, 7) is 3.50. The van der Waals surface area contributed by atoms with Crippen molar-refractivity contribution in [3.05, 3.63) is 48.4 Å². The van der Waals surface area contributed by atoms with Gasteiger partial charge >= 0.3 is 0 Å². The van der Waals surface area contributed by atoms with Gasteiger partial charge in [-0.1, -0.05) is 0 Å². The number of benzene rings is 1. The lowest BCUT2D eigenvalue weighted by Crippen LogP contribution is -2.04. The van der Waals surface area contributed by atoms with E-state index in [2.05, 4.69) is 14.5 Å².